The maximum absolute atomic E-state index is 14.7. The number of carbonyl (C=O) groups excluding carboxylic acids is 1. The van der Waals surface area contributed by atoms with Crippen LogP contribution in [0.25, 0.3) is 0 Å². The van der Waals surface area contributed by atoms with Crippen molar-refractivity contribution in [2.24, 2.45) is 0 Å². The largest absolute Gasteiger partial charge is 0.481 e. The molecule has 3 aromatic carbocycles. The number of rotatable bonds is 10. The number of carbonyl (C=O) groups is 2. The van der Waals surface area contributed by atoms with Crippen LogP contribution in [0.5, 0.6) is 0 Å². The second kappa shape index (κ2) is 14.9. The molecule has 0 bridgehead atoms. The summed E-state index contributed by atoms with van der Waals surface area (Å²) in [5.41, 5.74) is 1.13. The SMILES string of the molecule is Clc1ccccc1.O=C(O)CC1OCC(c2ccc(Cl)cc2)N(C(CO)CN(SC2CC2)c2ccccc2F)C1=O. The van der Waals surface area contributed by atoms with Crippen molar-refractivity contribution in [3.63, 3.8) is 0 Å². The van der Waals surface area contributed by atoms with Gasteiger partial charge in [-0.1, -0.05) is 65.7 Å². The molecule has 3 unspecified atom stereocenters. The van der Waals surface area contributed by atoms with Crippen LogP contribution in [-0.4, -0.2) is 64.1 Å². The minimum atomic E-state index is -1.16. The van der Waals surface area contributed by atoms with E-state index in [1.165, 1.54) is 22.9 Å². The normalized spacial score (nSPS) is 19.2. The number of hydrogen-bond donors (Lipinski definition) is 2. The van der Waals surface area contributed by atoms with Crippen LogP contribution in [-0.2, 0) is 14.3 Å². The molecule has 1 aliphatic carbocycles. The summed E-state index contributed by atoms with van der Waals surface area (Å²) in [7, 11) is 0. The van der Waals surface area contributed by atoms with Gasteiger partial charge in [0.25, 0.3) is 5.91 Å². The zero-order valence-corrected chi connectivity index (χ0v) is 24.4. The average molecular weight is 622 g/mol. The summed E-state index contributed by atoms with van der Waals surface area (Å²) >= 11 is 13.1. The molecule has 2 aliphatic rings. The Hall–Kier alpha value is -2.82. The van der Waals surface area contributed by atoms with Crippen molar-refractivity contribution >= 4 is 52.7 Å². The van der Waals surface area contributed by atoms with E-state index in [0.717, 1.165) is 23.4 Å². The number of para-hydroxylation sites is 1. The summed E-state index contributed by atoms with van der Waals surface area (Å²) in [5, 5.41) is 21.3. The van der Waals surface area contributed by atoms with Crippen molar-refractivity contribution in [2.45, 2.75) is 42.7 Å². The van der Waals surface area contributed by atoms with Gasteiger partial charge in [0, 0.05) is 15.3 Å². The summed E-state index contributed by atoms with van der Waals surface area (Å²) in [5.74, 6) is -2.06. The highest BCUT2D eigenvalue weighted by Gasteiger charge is 2.42. The Morgan fingerprint density at radius 3 is 2.22 bits per heavy atom. The third-order valence-electron chi connectivity index (χ3n) is 6.57. The molecule has 0 radical (unpaired) electrons. The number of morpholine rings is 1. The van der Waals surface area contributed by atoms with Gasteiger partial charge in [-0.25, -0.2) is 4.39 Å². The molecule has 3 aromatic rings. The highest BCUT2D eigenvalue weighted by atomic mass is 35.5. The third kappa shape index (κ3) is 8.83. The van der Waals surface area contributed by atoms with E-state index in [4.69, 9.17) is 27.9 Å². The predicted octanol–water partition coefficient (Wildman–Crippen LogP) is 6.24. The minimum absolute atomic E-state index is 0.0668. The molecule has 1 aliphatic heterocycles. The Morgan fingerprint density at radius 1 is 1.02 bits per heavy atom. The van der Waals surface area contributed by atoms with E-state index in [1.807, 2.05) is 30.3 Å². The van der Waals surface area contributed by atoms with Crippen molar-refractivity contribution < 1.29 is 28.9 Å². The lowest BCUT2D eigenvalue weighted by molar-refractivity contribution is -0.169. The second-order valence-corrected chi connectivity index (χ2v) is 11.9. The van der Waals surface area contributed by atoms with Crippen molar-refractivity contribution in [3.8, 4) is 0 Å². The first-order valence-electron chi connectivity index (χ1n) is 13.2. The first-order valence-corrected chi connectivity index (χ1v) is 14.8. The van der Waals surface area contributed by atoms with Gasteiger partial charge in [-0.3, -0.25) is 9.59 Å². The smallest absolute Gasteiger partial charge is 0.306 e. The van der Waals surface area contributed by atoms with Gasteiger partial charge in [0.1, 0.15) is 11.9 Å². The number of hydrogen-bond acceptors (Lipinski definition) is 6. The van der Waals surface area contributed by atoms with Crippen LogP contribution < -0.4 is 4.31 Å². The number of carboxylic acid groups (broad SMARTS) is 1. The fraction of sp³-hybridized carbons (Fsp3) is 0.333. The number of ether oxygens (including phenoxy) is 1. The highest BCUT2D eigenvalue weighted by molar-refractivity contribution is 8.01. The van der Waals surface area contributed by atoms with Crippen LogP contribution >= 0.6 is 35.1 Å². The van der Waals surface area contributed by atoms with Crippen LogP contribution in [0, 0.1) is 5.82 Å². The van der Waals surface area contributed by atoms with Crippen LogP contribution in [0.4, 0.5) is 10.1 Å². The lowest BCUT2D eigenvalue weighted by Crippen LogP contribution is -2.57. The van der Waals surface area contributed by atoms with E-state index in [0.29, 0.717) is 16.0 Å². The monoisotopic (exact) mass is 620 g/mol. The standard InChI is InChI=1S/C24H26ClFN2O5S.C6H5Cl/c25-16-7-5-15(6-8-16)21-14-33-22(11-23(30)31)24(32)28(21)17(13-29)12-27(34-18-9-10-18)20-4-2-1-3-19(20)26;7-6-4-2-1-3-5-6/h1-8,17-18,21-22,29H,9-14H2,(H,30,31);1-5H. The van der Waals surface area contributed by atoms with Crippen LogP contribution in [0.15, 0.2) is 78.9 Å². The summed E-state index contributed by atoms with van der Waals surface area (Å²) in [4.78, 5) is 26.2. The van der Waals surface area contributed by atoms with E-state index in [2.05, 4.69) is 0 Å². The summed E-state index contributed by atoms with van der Waals surface area (Å²) < 4.78 is 22.1. The molecule has 41 heavy (non-hydrogen) atoms. The number of benzene rings is 3. The van der Waals surface area contributed by atoms with Crippen LogP contribution in [0.3, 0.4) is 0 Å². The second-order valence-electron chi connectivity index (χ2n) is 9.68. The van der Waals surface area contributed by atoms with Gasteiger partial charge in [0.2, 0.25) is 0 Å². The number of anilines is 1. The molecule has 2 fully saturated rings. The maximum atomic E-state index is 14.7. The van der Waals surface area contributed by atoms with Crippen molar-refractivity contribution in [1.82, 2.24) is 4.90 Å². The number of halogens is 3. The lowest BCUT2D eigenvalue weighted by Gasteiger charge is -2.44. The van der Waals surface area contributed by atoms with Crippen molar-refractivity contribution in [3.05, 3.63) is 100 Å². The molecule has 1 saturated heterocycles. The molecule has 3 atom stereocenters. The molecule has 7 nitrogen and oxygen atoms in total. The number of nitrogens with zero attached hydrogens (tertiary/aromatic N) is 2. The fourth-order valence-corrected chi connectivity index (χ4v) is 5.90. The molecule has 1 saturated carbocycles. The van der Waals surface area contributed by atoms with Crippen LogP contribution in [0.1, 0.15) is 30.9 Å². The molecular formula is C30H31Cl2FN2O5S. The first kappa shape index (κ1) is 31.1. The van der Waals surface area contributed by atoms with Gasteiger partial charge in [-0.15, -0.1) is 0 Å². The number of amides is 1. The maximum Gasteiger partial charge on any atom is 0.306 e. The Bertz CT molecular complexity index is 1300. The lowest BCUT2D eigenvalue weighted by atomic mass is 9.99. The molecule has 218 valence electrons. The Kier molecular flexibility index (Phi) is 11.3. The Balaban J connectivity index is 0.000000483. The molecule has 11 heteroatoms. The first-order chi connectivity index (χ1) is 19.8. The summed E-state index contributed by atoms with van der Waals surface area (Å²) in [6, 6.07) is 21.5. The number of aliphatic hydroxyl groups excluding tert-OH is 1. The summed E-state index contributed by atoms with van der Waals surface area (Å²) in [6.45, 7) is -0.155. The minimum Gasteiger partial charge on any atom is -0.481 e. The average Bonchev–Trinajstić information content (AvgIpc) is 3.78. The molecule has 0 spiro atoms. The molecule has 1 heterocycles. The van der Waals surface area contributed by atoms with E-state index in [9.17, 15) is 24.2 Å². The van der Waals surface area contributed by atoms with Gasteiger partial charge in [-0.05, 0) is 66.8 Å². The molecule has 5 rings (SSSR count). The van der Waals surface area contributed by atoms with Gasteiger partial charge in [-0.2, -0.15) is 0 Å². The van der Waals surface area contributed by atoms with Crippen molar-refractivity contribution in [2.75, 3.05) is 24.1 Å². The van der Waals surface area contributed by atoms with Gasteiger partial charge in [0.15, 0.2) is 0 Å². The molecule has 1 amide bonds. The van der Waals surface area contributed by atoms with Crippen molar-refractivity contribution in [1.29, 1.82) is 0 Å². The van der Waals surface area contributed by atoms with Gasteiger partial charge < -0.3 is 24.2 Å². The van der Waals surface area contributed by atoms with E-state index in [1.54, 1.807) is 46.8 Å². The zero-order valence-electron chi connectivity index (χ0n) is 22.1. The zero-order chi connectivity index (χ0) is 29.4. The summed E-state index contributed by atoms with van der Waals surface area (Å²) in [6.07, 6.45) is 0.399. The van der Waals surface area contributed by atoms with E-state index >= 15 is 0 Å². The van der Waals surface area contributed by atoms with E-state index < -0.39 is 42.3 Å². The molecule has 0 aromatic heterocycles. The molecular weight excluding hydrogens is 590 g/mol. The highest BCUT2D eigenvalue weighted by Crippen LogP contribution is 2.40. The number of carboxylic acids is 1. The number of aliphatic hydroxyl groups is 1. The van der Waals surface area contributed by atoms with E-state index in [-0.39, 0.29) is 19.8 Å². The van der Waals surface area contributed by atoms with Gasteiger partial charge >= 0.3 is 5.97 Å². The van der Waals surface area contributed by atoms with Gasteiger partial charge in [0.05, 0.1) is 44.0 Å². The fourth-order valence-electron chi connectivity index (χ4n) is 4.41. The quantitative estimate of drug-likeness (QED) is 0.259. The number of aliphatic carboxylic acids is 1. The Morgan fingerprint density at radius 2 is 1.66 bits per heavy atom. The third-order valence-corrected chi connectivity index (χ3v) is 8.45. The predicted molar refractivity (Wildman–Crippen MR) is 160 cm³/mol. The van der Waals surface area contributed by atoms with Crippen LogP contribution in [0.2, 0.25) is 10.0 Å². The molecule has 2 N–H and O–H groups in total. The topological polar surface area (TPSA) is 90.3 Å². The Labute approximate surface area is 252 Å².